The largest absolute Gasteiger partial charge is 0.397 e. The molecule has 0 saturated heterocycles. The van der Waals surface area contributed by atoms with Crippen molar-refractivity contribution in [3.05, 3.63) is 50.4 Å². The van der Waals surface area contributed by atoms with Crippen molar-refractivity contribution in [3.63, 3.8) is 0 Å². The first-order valence-corrected chi connectivity index (χ1v) is 6.80. The fourth-order valence-corrected chi connectivity index (χ4v) is 2.76. The SMILES string of the molecule is Nc1ccc(Cl)cc1Nc1c(Br)cccc1Br. The van der Waals surface area contributed by atoms with E-state index >= 15 is 0 Å². The van der Waals surface area contributed by atoms with Crippen LogP contribution in [0.3, 0.4) is 0 Å². The van der Waals surface area contributed by atoms with Crippen LogP contribution in [0.1, 0.15) is 0 Å². The molecular weight excluding hydrogens is 367 g/mol. The van der Waals surface area contributed by atoms with E-state index in [4.69, 9.17) is 17.3 Å². The summed E-state index contributed by atoms with van der Waals surface area (Å²) in [6.07, 6.45) is 0. The Balaban J connectivity index is 2.41. The first-order valence-electron chi connectivity index (χ1n) is 4.84. The van der Waals surface area contributed by atoms with E-state index in [1.54, 1.807) is 18.2 Å². The van der Waals surface area contributed by atoms with Crippen molar-refractivity contribution in [2.45, 2.75) is 0 Å². The highest BCUT2D eigenvalue weighted by Gasteiger charge is 2.07. The third kappa shape index (κ3) is 2.94. The third-order valence-electron chi connectivity index (χ3n) is 2.24. The van der Waals surface area contributed by atoms with E-state index in [2.05, 4.69) is 37.2 Å². The summed E-state index contributed by atoms with van der Waals surface area (Å²) in [5, 5.41) is 3.89. The number of para-hydroxylation sites is 1. The van der Waals surface area contributed by atoms with Gasteiger partial charge in [-0.15, -0.1) is 0 Å². The molecule has 0 aromatic heterocycles. The van der Waals surface area contributed by atoms with Crippen LogP contribution in [-0.4, -0.2) is 0 Å². The highest BCUT2D eigenvalue weighted by molar-refractivity contribution is 9.11. The zero-order chi connectivity index (χ0) is 12.4. The van der Waals surface area contributed by atoms with Crippen molar-refractivity contribution in [1.82, 2.24) is 0 Å². The van der Waals surface area contributed by atoms with Crippen LogP contribution in [0.15, 0.2) is 45.3 Å². The van der Waals surface area contributed by atoms with Crippen molar-refractivity contribution in [1.29, 1.82) is 0 Å². The molecule has 0 fully saturated rings. The average molecular weight is 376 g/mol. The molecule has 0 aliphatic carbocycles. The molecule has 5 heteroatoms. The lowest BCUT2D eigenvalue weighted by molar-refractivity contribution is 1.50. The molecule has 0 unspecified atom stereocenters. The van der Waals surface area contributed by atoms with E-state index in [1.807, 2.05) is 18.2 Å². The third-order valence-corrected chi connectivity index (χ3v) is 3.79. The summed E-state index contributed by atoms with van der Waals surface area (Å²) in [5.41, 5.74) is 8.24. The van der Waals surface area contributed by atoms with Gasteiger partial charge in [-0.1, -0.05) is 17.7 Å². The van der Waals surface area contributed by atoms with Gasteiger partial charge < -0.3 is 11.1 Å². The van der Waals surface area contributed by atoms with Gasteiger partial charge in [0.15, 0.2) is 0 Å². The topological polar surface area (TPSA) is 38.0 Å². The highest BCUT2D eigenvalue weighted by Crippen LogP contribution is 2.35. The highest BCUT2D eigenvalue weighted by atomic mass is 79.9. The van der Waals surface area contributed by atoms with Gasteiger partial charge >= 0.3 is 0 Å². The second-order valence-electron chi connectivity index (χ2n) is 3.45. The molecule has 2 rings (SSSR count). The number of nitrogen functional groups attached to an aromatic ring is 1. The maximum Gasteiger partial charge on any atom is 0.0673 e. The van der Waals surface area contributed by atoms with Crippen molar-refractivity contribution in [2.75, 3.05) is 11.1 Å². The molecule has 17 heavy (non-hydrogen) atoms. The minimum absolute atomic E-state index is 0.643. The van der Waals surface area contributed by atoms with Crippen LogP contribution < -0.4 is 11.1 Å². The summed E-state index contributed by atoms with van der Waals surface area (Å²) in [4.78, 5) is 0. The lowest BCUT2D eigenvalue weighted by atomic mass is 10.2. The van der Waals surface area contributed by atoms with Crippen LogP contribution >= 0.6 is 43.5 Å². The molecule has 0 radical (unpaired) electrons. The fourth-order valence-electron chi connectivity index (χ4n) is 1.39. The summed E-state index contributed by atoms with van der Waals surface area (Å²) >= 11 is 12.9. The Morgan fingerprint density at radius 3 is 2.35 bits per heavy atom. The average Bonchev–Trinajstić information content (AvgIpc) is 2.28. The molecular formula is C12H9Br2ClN2. The van der Waals surface area contributed by atoms with Gasteiger partial charge in [0.05, 0.1) is 17.1 Å². The predicted octanol–water partition coefficient (Wildman–Crippen LogP) is 5.19. The van der Waals surface area contributed by atoms with Gasteiger partial charge in [-0.2, -0.15) is 0 Å². The van der Waals surface area contributed by atoms with Gasteiger partial charge in [-0.25, -0.2) is 0 Å². The van der Waals surface area contributed by atoms with E-state index in [9.17, 15) is 0 Å². The Morgan fingerprint density at radius 1 is 1.06 bits per heavy atom. The zero-order valence-electron chi connectivity index (χ0n) is 8.68. The lowest BCUT2D eigenvalue weighted by Crippen LogP contribution is -1.97. The molecule has 3 N–H and O–H groups in total. The van der Waals surface area contributed by atoms with Crippen LogP contribution in [0.2, 0.25) is 5.02 Å². The van der Waals surface area contributed by atoms with Gasteiger partial charge in [0, 0.05) is 14.0 Å². The van der Waals surface area contributed by atoms with Crippen molar-refractivity contribution < 1.29 is 0 Å². The van der Waals surface area contributed by atoms with Crippen molar-refractivity contribution in [3.8, 4) is 0 Å². The summed E-state index contributed by atoms with van der Waals surface area (Å²) in [5.74, 6) is 0. The Bertz CT molecular complexity index is 538. The van der Waals surface area contributed by atoms with Crippen LogP contribution in [0.5, 0.6) is 0 Å². The van der Waals surface area contributed by atoms with Crippen LogP contribution in [0, 0.1) is 0 Å². The number of hydrogen-bond donors (Lipinski definition) is 2. The standard InChI is InChI=1S/C12H9Br2ClN2/c13-8-2-1-3-9(14)12(8)17-11-6-7(15)4-5-10(11)16/h1-6,17H,16H2. The van der Waals surface area contributed by atoms with E-state index in [0.717, 1.165) is 20.3 Å². The number of nitrogens with two attached hydrogens (primary N) is 1. The Kier molecular flexibility index (Phi) is 3.97. The minimum Gasteiger partial charge on any atom is -0.397 e. The van der Waals surface area contributed by atoms with Crippen molar-refractivity contribution in [2.24, 2.45) is 0 Å². The molecule has 2 nitrogen and oxygen atoms in total. The van der Waals surface area contributed by atoms with Gasteiger partial charge in [0.2, 0.25) is 0 Å². The molecule has 0 saturated carbocycles. The van der Waals surface area contributed by atoms with Gasteiger partial charge in [0.1, 0.15) is 0 Å². The van der Waals surface area contributed by atoms with Crippen LogP contribution in [0.4, 0.5) is 17.1 Å². The Morgan fingerprint density at radius 2 is 1.71 bits per heavy atom. The number of halogens is 3. The number of benzene rings is 2. The van der Waals surface area contributed by atoms with Gasteiger partial charge in [-0.3, -0.25) is 0 Å². The molecule has 0 spiro atoms. The zero-order valence-corrected chi connectivity index (χ0v) is 12.6. The summed E-state index contributed by atoms with van der Waals surface area (Å²) in [6.45, 7) is 0. The number of hydrogen-bond acceptors (Lipinski definition) is 2. The normalized spacial score (nSPS) is 10.3. The second kappa shape index (κ2) is 5.29. The second-order valence-corrected chi connectivity index (χ2v) is 5.60. The molecule has 88 valence electrons. The Hall–Kier alpha value is -0.710. The monoisotopic (exact) mass is 374 g/mol. The summed E-state index contributed by atoms with van der Waals surface area (Å²) in [7, 11) is 0. The molecule has 0 heterocycles. The lowest BCUT2D eigenvalue weighted by Gasteiger charge is -2.12. The van der Waals surface area contributed by atoms with E-state index in [-0.39, 0.29) is 0 Å². The molecule has 0 bridgehead atoms. The molecule has 0 aliphatic heterocycles. The number of rotatable bonds is 2. The fraction of sp³-hybridized carbons (Fsp3) is 0. The first kappa shape index (κ1) is 12.7. The predicted molar refractivity (Wildman–Crippen MR) is 81.0 cm³/mol. The molecule has 0 atom stereocenters. The number of anilines is 3. The van der Waals surface area contributed by atoms with Crippen LogP contribution in [0.25, 0.3) is 0 Å². The molecule has 0 amide bonds. The molecule has 0 aliphatic rings. The Labute approximate surface area is 121 Å². The van der Waals surface area contributed by atoms with E-state index < -0.39 is 0 Å². The maximum atomic E-state index is 5.94. The van der Waals surface area contributed by atoms with Gasteiger partial charge in [-0.05, 0) is 62.2 Å². The maximum absolute atomic E-state index is 5.94. The van der Waals surface area contributed by atoms with Crippen LogP contribution in [-0.2, 0) is 0 Å². The van der Waals surface area contributed by atoms with E-state index in [1.165, 1.54) is 0 Å². The van der Waals surface area contributed by atoms with Crippen molar-refractivity contribution >= 4 is 60.5 Å². The summed E-state index contributed by atoms with van der Waals surface area (Å²) in [6, 6.07) is 11.2. The first-order chi connectivity index (χ1) is 8.08. The van der Waals surface area contributed by atoms with Gasteiger partial charge in [0.25, 0.3) is 0 Å². The molecule has 2 aromatic rings. The van der Waals surface area contributed by atoms with E-state index in [0.29, 0.717) is 10.7 Å². The smallest absolute Gasteiger partial charge is 0.0673 e. The number of nitrogens with one attached hydrogen (secondary N) is 1. The quantitative estimate of drug-likeness (QED) is 0.708. The molecule has 2 aromatic carbocycles. The minimum atomic E-state index is 0.643. The summed E-state index contributed by atoms with van der Waals surface area (Å²) < 4.78 is 1.90.